The van der Waals surface area contributed by atoms with E-state index in [1.807, 2.05) is 6.20 Å². The van der Waals surface area contributed by atoms with Crippen molar-refractivity contribution >= 4 is 16.5 Å². The average molecular weight is 238 g/mol. The summed E-state index contributed by atoms with van der Waals surface area (Å²) >= 11 is 1.60. The summed E-state index contributed by atoms with van der Waals surface area (Å²) in [6, 6.07) is 0. The molecular formula is C9H14N6S. The molecule has 16 heavy (non-hydrogen) atoms. The number of aromatic nitrogens is 5. The Morgan fingerprint density at radius 3 is 2.94 bits per heavy atom. The number of anilines is 1. The van der Waals surface area contributed by atoms with Gasteiger partial charge in [-0.15, -0.1) is 15.3 Å². The second kappa shape index (κ2) is 5.02. The highest BCUT2D eigenvalue weighted by Gasteiger charge is 2.06. The smallest absolute Gasteiger partial charge is 0.205 e. The van der Waals surface area contributed by atoms with Crippen LogP contribution in [0.25, 0.3) is 0 Å². The lowest BCUT2D eigenvalue weighted by Gasteiger charge is -2.00. The molecule has 0 fully saturated rings. The van der Waals surface area contributed by atoms with Crippen molar-refractivity contribution in [2.45, 2.75) is 26.3 Å². The van der Waals surface area contributed by atoms with Crippen molar-refractivity contribution in [2.24, 2.45) is 0 Å². The summed E-state index contributed by atoms with van der Waals surface area (Å²) in [7, 11) is 0. The minimum Gasteiger partial charge on any atom is -0.358 e. The van der Waals surface area contributed by atoms with Crippen molar-refractivity contribution < 1.29 is 0 Å². The van der Waals surface area contributed by atoms with Crippen molar-refractivity contribution in [3.8, 4) is 0 Å². The lowest BCUT2D eigenvalue weighted by Crippen LogP contribution is -2.10. The van der Waals surface area contributed by atoms with Gasteiger partial charge in [0.15, 0.2) is 0 Å². The molecule has 0 saturated carbocycles. The van der Waals surface area contributed by atoms with Gasteiger partial charge < -0.3 is 5.32 Å². The zero-order chi connectivity index (χ0) is 11.4. The molecule has 0 aliphatic heterocycles. The van der Waals surface area contributed by atoms with Crippen molar-refractivity contribution in [1.82, 2.24) is 25.2 Å². The second-order valence-corrected chi connectivity index (χ2v) is 4.70. The van der Waals surface area contributed by atoms with E-state index in [9.17, 15) is 0 Å². The summed E-state index contributed by atoms with van der Waals surface area (Å²) in [5, 5.41) is 20.9. The van der Waals surface area contributed by atoms with Gasteiger partial charge in [0.1, 0.15) is 5.01 Å². The Labute approximate surface area is 97.7 Å². The number of nitrogens with zero attached hydrogens (tertiary/aromatic N) is 5. The molecule has 86 valence electrons. The average Bonchev–Trinajstić information content (AvgIpc) is 2.87. The van der Waals surface area contributed by atoms with E-state index >= 15 is 0 Å². The maximum Gasteiger partial charge on any atom is 0.205 e. The largest absolute Gasteiger partial charge is 0.358 e. The molecule has 2 rings (SSSR count). The minimum atomic E-state index is 0.434. The van der Waals surface area contributed by atoms with Crippen molar-refractivity contribution in [2.75, 3.05) is 11.9 Å². The molecule has 0 aliphatic carbocycles. The summed E-state index contributed by atoms with van der Waals surface area (Å²) in [6.07, 6.45) is 3.50. The molecular weight excluding hydrogens is 224 g/mol. The molecule has 0 amide bonds. The SMILES string of the molecule is CC(C)c1nnc(NCCn2ccnn2)s1. The van der Waals surface area contributed by atoms with Crippen LogP contribution >= 0.6 is 11.3 Å². The fourth-order valence-corrected chi connectivity index (χ4v) is 1.94. The zero-order valence-electron chi connectivity index (χ0n) is 9.29. The Hall–Kier alpha value is -1.50. The van der Waals surface area contributed by atoms with E-state index in [0.717, 1.165) is 23.2 Å². The van der Waals surface area contributed by atoms with Crippen molar-refractivity contribution in [3.05, 3.63) is 17.4 Å². The van der Waals surface area contributed by atoms with E-state index in [0.29, 0.717) is 5.92 Å². The molecule has 0 atom stereocenters. The predicted octanol–water partition coefficient (Wildman–Crippen LogP) is 1.37. The van der Waals surface area contributed by atoms with Gasteiger partial charge in [-0.25, -0.2) is 0 Å². The zero-order valence-corrected chi connectivity index (χ0v) is 10.1. The van der Waals surface area contributed by atoms with Crippen LogP contribution in [-0.4, -0.2) is 31.7 Å². The fourth-order valence-electron chi connectivity index (χ4n) is 1.17. The van der Waals surface area contributed by atoms with Gasteiger partial charge in [-0.05, 0) is 0 Å². The molecule has 7 heteroatoms. The monoisotopic (exact) mass is 238 g/mol. The van der Waals surface area contributed by atoms with E-state index in [-0.39, 0.29) is 0 Å². The first kappa shape index (κ1) is 11.0. The Balaban J connectivity index is 1.81. The molecule has 1 N–H and O–H groups in total. The van der Waals surface area contributed by atoms with E-state index in [1.165, 1.54) is 0 Å². The predicted molar refractivity (Wildman–Crippen MR) is 62.5 cm³/mol. The van der Waals surface area contributed by atoms with Crippen LogP contribution in [0, 0.1) is 0 Å². The van der Waals surface area contributed by atoms with E-state index < -0.39 is 0 Å². The summed E-state index contributed by atoms with van der Waals surface area (Å²) < 4.78 is 1.78. The van der Waals surface area contributed by atoms with Gasteiger partial charge in [0.2, 0.25) is 5.13 Å². The third-order valence-corrected chi connectivity index (χ3v) is 3.21. The van der Waals surface area contributed by atoms with E-state index in [4.69, 9.17) is 0 Å². The molecule has 0 bridgehead atoms. The number of hydrogen-bond acceptors (Lipinski definition) is 6. The van der Waals surface area contributed by atoms with Gasteiger partial charge in [0.25, 0.3) is 0 Å². The second-order valence-electron chi connectivity index (χ2n) is 3.69. The first-order valence-electron chi connectivity index (χ1n) is 5.17. The quantitative estimate of drug-likeness (QED) is 0.852. The molecule has 0 unspecified atom stereocenters. The lowest BCUT2D eigenvalue weighted by molar-refractivity contribution is 0.608. The van der Waals surface area contributed by atoms with Gasteiger partial charge in [-0.3, -0.25) is 4.68 Å². The van der Waals surface area contributed by atoms with Gasteiger partial charge in [-0.1, -0.05) is 30.4 Å². The van der Waals surface area contributed by atoms with Gasteiger partial charge >= 0.3 is 0 Å². The molecule has 2 aromatic heterocycles. The highest BCUT2D eigenvalue weighted by Crippen LogP contribution is 2.21. The van der Waals surface area contributed by atoms with E-state index in [2.05, 4.69) is 39.7 Å². The Bertz CT molecular complexity index is 421. The number of hydrogen-bond donors (Lipinski definition) is 1. The van der Waals surface area contributed by atoms with Crippen molar-refractivity contribution in [3.63, 3.8) is 0 Å². The number of nitrogens with one attached hydrogen (secondary N) is 1. The fraction of sp³-hybridized carbons (Fsp3) is 0.556. The van der Waals surface area contributed by atoms with Crippen LogP contribution in [0.4, 0.5) is 5.13 Å². The Morgan fingerprint density at radius 1 is 1.44 bits per heavy atom. The molecule has 6 nitrogen and oxygen atoms in total. The van der Waals surface area contributed by atoms with Crippen LogP contribution in [-0.2, 0) is 6.54 Å². The molecule has 2 heterocycles. The van der Waals surface area contributed by atoms with Crippen LogP contribution in [0.2, 0.25) is 0 Å². The number of rotatable bonds is 5. The molecule has 0 spiro atoms. The van der Waals surface area contributed by atoms with Crippen LogP contribution in [0.15, 0.2) is 12.4 Å². The summed E-state index contributed by atoms with van der Waals surface area (Å²) in [6.45, 7) is 5.77. The molecule has 0 aromatic carbocycles. The standard InChI is InChI=1S/C9H14N6S/c1-7(2)8-12-13-9(16-8)10-3-5-15-6-4-11-14-15/h4,6-7H,3,5H2,1-2H3,(H,10,13). The van der Waals surface area contributed by atoms with Gasteiger partial charge in [-0.2, -0.15) is 0 Å². The van der Waals surface area contributed by atoms with Crippen LogP contribution in [0.5, 0.6) is 0 Å². The lowest BCUT2D eigenvalue weighted by atomic mass is 10.2. The van der Waals surface area contributed by atoms with Crippen LogP contribution < -0.4 is 5.32 Å². The van der Waals surface area contributed by atoms with Crippen LogP contribution in [0.1, 0.15) is 24.8 Å². The van der Waals surface area contributed by atoms with Crippen molar-refractivity contribution in [1.29, 1.82) is 0 Å². The van der Waals surface area contributed by atoms with Gasteiger partial charge in [0, 0.05) is 18.7 Å². The Morgan fingerprint density at radius 2 is 2.31 bits per heavy atom. The first-order valence-corrected chi connectivity index (χ1v) is 5.98. The molecule has 0 aliphatic rings. The summed E-state index contributed by atoms with van der Waals surface area (Å²) in [5.41, 5.74) is 0. The molecule has 2 aromatic rings. The molecule has 0 saturated heterocycles. The first-order chi connectivity index (χ1) is 7.75. The van der Waals surface area contributed by atoms with Crippen LogP contribution in [0.3, 0.4) is 0 Å². The third kappa shape index (κ3) is 2.75. The normalized spacial score (nSPS) is 10.9. The molecule has 0 radical (unpaired) electrons. The Kier molecular flexibility index (Phi) is 3.45. The van der Waals surface area contributed by atoms with Gasteiger partial charge in [0.05, 0.1) is 12.7 Å². The highest BCUT2D eigenvalue weighted by atomic mass is 32.1. The third-order valence-electron chi connectivity index (χ3n) is 2.02. The summed E-state index contributed by atoms with van der Waals surface area (Å²) in [5.74, 6) is 0.434. The summed E-state index contributed by atoms with van der Waals surface area (Å²) in [4.78, 5) is 0. The van der Waals surface area contributed by atoms with E-state index in [1.54, 1.807) is 22.2 Å². The minimum absolute atomic E-state index is 0.434. The highest BCUT2D eigenvalue weighted by molar-refractivity contribution is 7.15. The maximum absolute atomic E-state index is 4.10. The topological polar surface area (TPSA) is 68.5 Å². The maximum atomic E-state index is 4.10.